The molecule has 1 heterocycles. The van der Waals surface area contributed by atoms with Crippen molar-refractivity contribution in [2.45, 2.75) is 13.5 Å². The molecule has 1 aromatic heterocycles. The lowest BCUT2D eigenvalue weighted by Crippen LogP contribution is -1.94. The predicted octanol–water partition coefficient (Wildman–Crippen LogP) is 4.97. The Balaban J connectivity index is 1.81. The molecule has 0 amide bonds. The first kappa shape index (κ1) is 12.1. The molecule has 0 N–H and O–H groups in total. The van der Waals surface area contributed by atoms with E-state index < -0.39 is 0 Å². The third-order valence-corrected chi connectivity index (χ3v) is 3.27. The van der Waals surface area contributed by atoms with E-state index in [4.69, 9.17) is 20.8 Å². The lowest BCUT2D eigenvalue weighted by molar-refractivity contribution is 0.306. The van der Waals surface area contributed by atoms with Crippen LogP contribution in [-0.2, 0) is 6.61 Å². The van der Waals surface area contributed by atoms with Crippen molar-refractivity contribution in [2.24, 2.45) is 0 Å². The zero-order valence-electron chi connectivity index (χ0n) is 10.5. The van der Waals surface area contributed by atoms with Gasteiger partial charge in [-0.15, -0.1) is 0 Å². The maximum absolute atomic E-state index is 5.84. The van der Waals surface area contributed by atoms with Gasteiger partial charge in [-0.1, -0.05) is 23.2 Å². The van der Waals surface area contributed by atoms with Gasteiger partial charge in [0, 0.05) is 16.0 Å². The van der Waals surface area contributed by atoms with Gasteiger partial charge in [0.25, 0.3) is 0 Å². The molecule has 0 aliphatic rings. The molecule has 19 heavy (non-hydrogen) atoms. The van der Waals surface area contributed by atoms with Gasteiger partial charge in [-0.25, -0.2) is 0 Å². The van der Waals surface area contributed by atoms with Gasteiger partial charge in [-0.3, -0.25) is 0 Å². The van der Waals surface area contributed by atoms with E-state index in [0.29, 0.717) is 11.6 Å². The van der Waals surface area contributed by atoms with Crippen molar-refractivity contribution in [2.75, 3.05) is 0 Å². The SMILES string of the molecule is Cc1ccc2occ(COc3ccc(Cl)cc3)c2c1. The molecule has 2 aromatic carbocycles. The molecule has 3 heteroatoms. The first-order chi connectivity index (χ1) is 9.22. The van der Waals surface area contributed by atoms with E-state index in [2.05, 4.69) is 13.0 Å². The Hall–Kier alpha value is -1.93. The highest BCUT2D eigenvalue weighted by Gasteiger charge is 2.06. The second-order valence-corrected chi connectivity index (χ2v) is 4.94. The summed E-state index contributed by atoms with van der Waals surface area (Å²) in [7, 11) is 0. The number of benzene rings is 2. The Morgan fingerprint density at radius 1 is 1.11 bits per heavy atom. The summed E-state index contributed by atoms with van der Waals surface area (Å²) in [6.07, 6.45) is 1.75. The number of hydrogen-bond donors (Lipinski definition) is 0. The number of halogens is 1. The fraction of sp³-hybridized carbons (Fsp3) is 0.125. The Labute approximate surface area is 116 Å². The van der Waals surface area contributed by atoms with Gasteiger partial charge in [0.1, 0.15) is 17.9 Å². The molecule has 3 rings (SSSR count). The summed E-state index contributed by atoms with van der Waals surface area (Å²) in [5, 5.41) is 1.81. The topological polar surface area (TPSA) is 22.4 Å². The summed E-state index contributed by atoms with van der Waals surface area (Å²) < 4.78 is 11.2. The highest BCUT2D eigenvalue weighted by molar-refractivity contribution is 6.30. The van der Waals surface area contributed by atoms with Crippen LogP contribution in [0.25, 0.3) is 11.0 Å². The summed E-state index contributed by atoms with van der Waals surface area (Å²) >= 11 is 5.84. The highest BCUT2D eigenvalue weighted by atomic mass is 35.5. The second-order valence-electron chi connectivity index (χ2n) is 4.50. The third kappa shape index (κ3) is 2.59. The van der Waals surface area contributed by atoms with Crippen molar-refractivity contribution in [3.05, 3.63) is 64.9 Å². The van der Waals surface area contributed by atoms with Crippen LogP contribution >= 0.6 is 11.6 Å². The maximum atomic E-state index is 5.84. The molecule has 0 aliphatic carbocycles. The van der Waals surface area contributed by atoms with Crippen LogP contribution in [0.5, 0.6) is 5.75 Å². The summed E-state index contributed by atoms with van der Waals surface area (Å²) in [4.78, 5) is 0. The van der Waals surface area contributed by atoms with Crippen LogP contribution in [-0.4, -0.2) is 0 Å². The van der Waals surface area contributed by atoms with Crippen molar-refractivity contribution < 1.29 is 9.15 Å². The quantitative estimate of drug-likeness (QED) is 0.671. The van der Waals surface area contributed by atoms with Crippen molar-refractivity contribution in [1.82, 2.24) is 0 Å². The summed E-state index contributed by atoms with van der Waals surface area (Å²) in [6.45, 7) is 2.55. The zero-order chi connectivity index (χ0) is 13.2. The molecule has 0 unspecified atom stereocenters. The predicted molar refractivity (Wildman–Crippen MR) is 76.7 cm³/mol. The Bertz CT molecular complexity index is 698. The van der Waals surface area contributed by atoms with Crippen LogP contribution in [0.3, 0.4) is 0 Å². The van der Waals surface area contributed by atoms with Crippen LogP contribution in [0.1, 0.15) is 11.1 Å². The number of aryl methyl sites for hydroxylation is 1. The summed E-state index contributed by atoms with van der Waals surface area (Å²) in [5.74, 6) is 0.798. The minimum absolute atomic E-state index is 0.484. The number of hydrogen-bond acceptors (Lipinski definition) is 2. The monoisotopic (exact) mass is 272 g/mol. The minimum atomic E-state index is 0.484. The van der Waals surface area contributed by atoms with Crippen LogP contribution in [0, 0.1) is 6.92 Å². The average molecular weight is 273 g/mol. The van der Waals surface area contributed by atoms with Crippen molar-refractivity contribution >= 4 is 22.6 Å². The van der Waals surface area contributed by atoms with Gasteiger partial charge in [-0.2, -0.15) is 0 Å². The molecule has 0 atom stereocenters. The number of furan rings is 1. The van der Waals surface area contributed by atoms with Gasteiger partial charge in [0.05, 0.1) is 6.26 Å². The average Bonchev–Trinajstić information content (AvgIpc) is 2.80. The van der Waals surface area contributed by atoms with Crippen molar-refractivity contribution in [1.29, 1.82) is 0 Å². The van der Waals surface area contributed by atoms with Crippen LogP contribution in [0.4, 0.5) is 0 Å². The van der Waals surface area contributed by atoms with Crippen LogP contribution in [0.15, 0.2) is 53.1 Å². The smallest absolute Gasteiger partial charge is 0.134 e. The number of fused-ring (bicyclic) bond motifs is 1. The minimum Gasteiger partial charge on any atom is -0.489 e. The lowest BCUT2D eigenvalue weighted by Gasteiger charge is -2.05. The molecule has 0 bridgehead atoms. The fourth-order valence-electron chi connectivity index (χ4n) is 2.00. The molecule has 3 aromatic rings. The van der Waals surface area contributed by atoms with E-state index in [-0.39, 0.29) is 0 Å². The Morgan fingerprint density at radius 3 is 2.68 bits per heavy atom. The van der Waals surface area contributed by atoms with Crippen molar-refractivity contribution in [3.63, 3.8) is 0 Å². The van der Waals surface area contributed by atoms with Gasteiger partial charge < -0.3 is 9.15 Å². The second kappa shape index (κ2) is 4.98. The van der Waals surface area contributed by atoms with Crippen LogP contribution in [0.2, 0.25) is 5.02 Å². The summed E-state index contributed by atoms with van der Waals surface area (Å²) in [5.41, 5.74) is 3.15. The zero-order valence-corrected chi connectivity index (χ0v) is 11.3. The lowest BCUT2D eigenvalue weighted by atomic mass is 10.1. The first-order valence-electron chi connectivity index (χ1n) is 6.07. The molecule has 2 nitrogen and oxygen atoms in total. The number of ether oxygens (including phenoxy) is 1. The van der Waals surface area contributed by atoms with Crippen molar-refractivity contribution in [3.8, 4) is 5.75 Å². The molecule has 0 fully saturated rings. The molecular formula is C16H13ClO2. The molecular weight excluding hydrogens is 260 g/mol. The standard InChI is InChI=1S/C16H13ClO2/c1-11-2-7-16-15(8-11)12(10-19-16)9-18-14-5-3-13(17)4-6-14/h2-8,10H,9H2,1H3. The highest BCUT2D eigenvalue weighted by Crippen LogP contribution is 2.24. The van der Waals surface area contributed by atoms with E-state index in [1.54, 1.807) is 6.26 Å². The van der Waals surface area contributed by atoms with Gasteiger partial charge >= 0.3 is 0 Å². The largest absolute Gasteiger partial charge is 0.489 e. The Morgan fingerprint density at radius 2 is 1.89 bits per heavy atom. The summed E-state index contributed by atoms with van der Waals surface area (Å²) in [6, 6.07) is 13.5. The molecule has 0 saturated heterocycles. The van der Waals surface area contributed by atoms with E-state index in [1.807, 2.05) is 36.4 Å². The fourth-order valence-corrected chi connectivity index (χ4v) is 2.13. The normalized spacial score (nSPS) is 10.8. The van der Waals surface area contributed by atoms with E-state index in [9.17, 15) is 0 Å². The first-order valence-corrected chi connectivity index (χ1v) is 6.45. The van der Waals surface area contributed by atoms with E-state index in [1.165, 1.54) is 5.56 Å². The van der Waals surface area contributed by atoms with Gasteiger partial charge in [-0.05, 0) is 43.3 Å². The van der Waals surface area contributed by atoms with E-state index in [0.717, 1.165) is 22.3 Å². The molecule has 0 saturated carbocycles. The molecule has 0 radical (unpaired) electrons. The third-order valence-electron chi connectivity index (χ3n) is 3.02. The number of rotatable bonds is 3. The van der Waals surface area contributed by atoms with E-state index >= 15 is 0 Å². The molecule has 0 aliphatic heterocycles. The van der Waals surface area contributed by atoms with Gasteiger partial charge in [0.15, 0.2) is 0 Å². The van der Waals surface area contributed by atoms with Crippen LogP contribution < -0.4 is 4.74 Å². The van der Waals surface area contributed by atoms with Gasteiger partial charge in [0.2, 0.25) is 0 Å². The Kier molecular flexibility index (Phi) is 3.18. The molecule has 96 valence electrons. The molecule has 0 spiro atoms. The maximum Gasteiger partial charge on any atom is 0.134 e.